The highest BCUT2D eigenvalue weighted by Crippen LogP contribution is 2.25. The second-order valence-corrected chi connectivity index (χ2v) is 7.53. The molecule has 1 aromatic rings. The molecule has 0 saturated carbocycles. The van der Waals surface area contributed by atoms with Gasteiger partial charge in [-0.15, -0.1) is 0 Å². The lowest BCUT2D eigenvalue weighted by molar-refractivity contribution is 0.317. The molecule has 0 aliphatic carbocycles. The minimum absolute atomic E-state index is 0.682. The van der Waals surface area contributed by atoms with E-state index in [0.29, 0.717) is 5.92 Å². The normalized spacial score (nSPS) is 17.5. The first-order valence-electron chi connectivity index (χ1n) is 8.40. The molecule has 1 fully saturated rings. The van der Waals surface area contributed by atoms with Crippen LogP contribution in [0.15, 0.2) is 29.2 Å². The molecule has 0 N–H and O–H groups in total. The van der Waals surface area contributed by atoms with Gasteiger partial charge in [-0.2, -0.15) is 0 Å². The van der Waals surface area contributed by atoms with Crippen molar-refractivity contribution < 1.29 is 0 Å². The largest absolute Gasteiger partial charge is 0.302 e. The zero-order valence-corrected chi connectivity index (χ0v) is 14.7. The van der Waals surface area contributed by atoms with Crippen LogP contribution in [0.1, 0.15) is 51.0 Å². The Hall–Kier alpha value is -0.510. The maximum Gasteiger partial charge on any atom is 0.0230 e. The van der Waals surface area contributed by atoms with E-state index < -0.39 is 0 Å². The highest BCUT2D eigenvalue weighted by molar-refractivity contribution is 7.97. The van der Waals surface area contributed by atoms with Gasteiger partial charge in [-0.3, -0.25) is 0 Å². The Morgan fingerprint density at radius 3 is 2.48 bits per heavy atom. The van der Waals surface area contributed by atoms with Gasteiger partial charge < -0.3 is 4.90 Å². The molecule has 1 aliphatic heterocycles. The standard InChI is InChI=1S/C18H30N2S/c1-4-7-16(2)17-8-10-18(11-9-17)21-19(3)14-15-20-12-5-6-13-20/h8-11,16H,4-7,12-15H2,1-3H3. The molecule has 1 saturated heterocycles. The highest BCUT2D eigenvalue weighted by Gasteiger charge is 2.12. The third-order valence-electron chi connectivity index (χ3n) is 4.36. The second kappa shape index (κ2) is 8.82. The van der Waals surface area contributed by atoms with E-state index in [4.69, 9.17) is 0 Å². The van der Waals surface area contributed by atoms with Crippen molar-refractivity contribution in [1.82, 2.24) is 9.21 Å². The quantitative estimate of drug-likeness (QED) is 0.647. The maximum atomic E-state index is 2.58. The van der Waals surface area contributed by atoms with Gasteiger partial charge in [0.2, 0.25) is 0 Å². The number of hydrogen-bond acceptors (Lipinski definition) is 3. The molecule has 3 heteroatoms. The van der Waals surface area contributed by atoms with Crippen molar-refractivity contribution in [3.63, 3.8) is 0 Å². The predicted octanol–water partition coefficient (Wildman–Crippen LogP) is 4.62. The summed E-state index contributed by atoms with van der Waals surface area (Å²) in [6, 6.07) is 9.16. The average Bonchev–Trinajstić information content (AvgIpc) is 2.99. The zero-order chi connectivity index (χ0) is 15.1. The summed E-state index contributed by atoms with van der Waals surface area (Å²) in [6.45, 7) is 9.52. The van der Waals surface area contributed by atoms with Gasteiger partial charge in [0, 0.05) is 18.0 Å². The topological polar surface area (TPSA) is 6.48 Å². The van der Waals surface area contributed by atoms with Crippen LogP contribution in [0.25, 0.3) is 0 Å². The molecule has 118 valence electrons. The molecule has 0 aromatic heterocycles. The maximum absolute atomic E-state index is 2.58. The minimum atomic E-state index is 0.682. The van der Waals surface area contributed by atoms with Gasteiger partial charge in [-0.25, -0.2) is 4.31 Å². The first-order chi connectivity index (χ1) is 10.2. The van der Waals surface area contributed by atoms with E-state index in [-0.39, 0.29) is 0 Å². The summed E-state index contributed by atoms with van der Waals surface area (Å²) in [5, 5.41) is 0. The molecule has 1 atom stereocenters. The Bertz CT molecular complexity index is 398. The highest BCUT2D eigenvalue weighted by atomic mass is 32.2. The Morgan fingerprint density at radius 2 is 1.86 bits per heavy atom. The summed E-state index contributed by atoms with van der Waals surface area (Å²) in [6.07, 6.45) is 5.31. The molecule has 0 amide bonds. The van der Waals surface area contributed by atoms with Crippen LogP contribution in [0.5, 0.6) is 0 Å². The van der Waals surface area contributed by atoms with E-state index in [1.165, 1.54) is 55.8 Å². The smallest absolute Gasteiger partial charge is 0.0230 e. The molecule has 0 radical (unpaired) electrons. The summed E-state index contributed by atoms with van der Waals surface area (Å²) in [5.74, 6) is 0.682. The second-order valence-electron chi connectivity index (χ2n) is 6.25. The molecule has 0 spiro atoms. The fraction of sp³-hybridized carbons (Fsp3) is 0.667. The summed E-state index contributed by atoms with van der Waals surface area (Å²) < 4.78 is 2.36. The van der Waals surface area contributed by atoms with Crippen molar-refractivity contribution in [3.8, 4) is 0 Å². The van der Waals surface area contributed by atoms with Crippen LogP contribution in [-0.2, 0) is 0 Å². The minimum Gasteiger partial charge on any atom is -0.302 e. The number of likely N-dealkylation sites (N-methyl/N-ethyl adjacent to an activating group) is 1. The molecule has 1 aromatic carbocycles. The molecule has 1 unspecified atom stereocenters. The van der Waals surface area contributed by atoms with Crippen molar-refractivity contribution in [2.24, 2.45) is 0 Å². The van der Waals surface area contributed by atoms with Gasteiger partial charge in [0.1, 0.15) is 0 Å². The van der Waals surface area contributed by atoms with E-state index >= 15 is 0 Å². The van der Waals surface area contributed by atoms with E-state index in [9.17, 15) is 0 Å². The van der Waals surface area contributed by atoms with Crippen LogP contribution in [0.3, 0.4) is 0 Å². The van der Waals surface area contributed by atoms with Gasteiger partial charge in [-0.05, 0) is 75.0 Å². The molecule has 1 aliphatic rings. The first-order valence-corrected chi connectivity index (χ1v) is 9.17. The van der Waals surface area contributed by atoms with Crippen LogP contribution < -0.4 is 0 Å². The van der Waals surface area contributed by atoms with Crippen LogP contribution in [0.2, 0.25) is 0 Å². The third kappa shape index (κ3) is 5.65. The average molecular weight is 307 g/mol. The van der Waals surface area contributed by atoms with Gasteiger partial charge in [0.15, 0.2) is 0 Å². The zero-order valence-electron chi connectivity index (χ0n) is 13.8. The van der Waals surface area contributed by atoms with E-state index in [2.05, 4.69) is 54.4 Å². The van der Waals surface area contributed by atoms with Crippen molar-refractivity contribution in [2.45, 2.75) is 50.3 Å². The molecular weight excluding hydrogens is 276 g/mol. The molecule has 2 nitrogen and oxygen atoms in total. The third-order valence-corrected chi connectivity index (χ3v) is 5.34. The number of hydrogen-bond donors (Lipinski definition) is 0. The predicted molar refractivity (Wildman–Crippen MR) is 93.9 cm³/mol. The van der Waals surface area contributed by atoms with Gasteiger partial charge >= 0.3 is 0 Å². The van der Waals surface area contributed by atoms with E-state index in [1.807, 2.05) is 11.9 Å². The Kier molecular flexibility index (Phi) is 7.08. The lowest BCUT2D eigenvalue weighted by atomic mass is 9.97. The number of rotatable bonds is 8. The Morgan fingerprint density at radius 1 is 1.19 bits per heavy atom. The molecule has 2 rings (SSSR count). The Balaban J connectivity index is 1.76. The number of likely N-dealkylation sites (tertiary alicyclic amines) is 1. The van der Waals surface area contributed by atoms with Crippen LogP contribution in [0, 0.1) is 0 Å². The SMILES string of the molecule is CCCC(C)c1ccc(SN(C)CCN2CCCC2)cc1. The van der Waals surface area contributed by atoms with Crippen LogP contribution in [0.4, 0.5) is 0 Å². The van der Waals surface area contributed by atoms with Crippen molar-refractivity contribution >= 4 is 11.9 Å². The fourth-order valence-corrected chi connectivity index (χ4v) is 3.76. The van der Waals surface area contributed by atoms with Crippen LogP contribution >= 0.6 is 11.9 Å². The van der Waals surface area contributed by atoms with Crippen molar-refractivity contribution in [3.05, 3.63) is 29.8 Å². The molecule has 0 bridgehead atoms. The fourth-order valence-electron chi connectivity index (χ4n) is 2.97. The summed E-state index contributed by atoms with van der Waals surface area (Å²) in [7, 11) is 2.20. The van der Waals surface area contributed by atoms with Gasteiger partial charge in [-0.1, -0.05) is 32.4 Å². The summed E-state index contributed by atoms with van der Waals surface area (Å²) in [5.41, 5.74) is 1.47. The monoisotopic (exact) mass is 306 g/mol. The number of benzene rings is 1. The van der Waals surface area contributed by atoms with Crippen molar-refractivity contribution in [2.75, 3.05) is 33.2 Å². The molecular formula is C18H30N2S. The summed E-state index contributed by atoms with van der Waals surface area (Å²) in [4.78, 5) is 3.93. The molecule has 21 heavy (non-hydrogen) atoms. The summed E-state index contributed by atoms with van der Waals surface area (Å²) >= 11 is 1.87. The number of nitrogens with zero attached hydrogens (tertiary/aromatic N) is 2. The lowest BCUT2D eigenvalue weighted by Gasteiger charge is -2.20. The first kappa shape index (κ1) is 16.9. The van der Waals surface area contributed by atoms with Crippen molar-refractivity contribution in [1.29, 1.82) is 0 Å². The van der Waals surface area contributed by atoms with Gasteiger partial charge in [0.25, 0.3) is 0 Å². The van der Waals surface area contributed by atoms with Gasteiger partial charge in [0.05, 0.1) is 0 Å². The molecule has 1 heterocycles. The van der Waals surface area contributed by atoms with Crippen LogP contribution in [-0.4, -0.2) is 42.4 Å². The Labute approximate surface area is 135 Å². The lowest BCUT2D eigenvalue weighted by Crippen LogP contribution is -2.28. The van der Waals surface area contributed by atoms with E-state index in [0.717, 1.165) is 6.54 Å². The van der Waals surface area contributed by atoms with E-state index in [1.54, 1.807) is 0 Å².